The van der Waals surface area contributed by atoms with E-state index in [1.807, 2.05) is 24.3 Å². The van der Waals surface area contributed by atoms with Gasteiger partial charge >= 0.3 is 0 Å². The van der Waals surface area contributed by atoms with Gasteiger partial charge in [0.25, 0.3) is 5.91 Å². The Morgan fingerprint density at radius 1 is 1.30 bits per heavy atom. The number of hydrogen-bond acceptors (Lipinski definition) is 4. The Balaban J connectivity index is 2.56. The summed E-state index contributed by atoms with van der Waals surface area (Å²) in [4.78, 5) is 12.7. The van der Waals surface area contributed by atoms with Crippen LogP contribution in [0.1, 0.15) is 39.0 Å². The quantitative estimate of drug-likeness (QED) is 0.316. The molecule has 0 saturated heterocycles. The second kappa shape index (κ2) is 9.66. The van der Waals surface area contributed by atoms with E-state index < -0.39 is 0 Å². The fraction of sp³-hybridized carbons (Fsp3) is 0.533. The van der Waals surface area contributed by atoms with Crippen molar-refractivity contribution in [2.24, 2.45) is 0 Å². The zero-order valence-corrected chi connectivity index (χ0v) is 12.9. The standard InChI is InChI=1S/C15H23NO3S/c1-3-4-5-6-7-14(15(17)16-18)20-13-10-8-12(19-2)9-11-13/h8-11,14,18H,3-7H2,1-2H3,(H,16,17)/t14-/m1/s1. The Morgan fingerprint density at radius 2 is 2.00 bits per heavy atom. The third-order valence-corrected chi connectivity index (χ3v) is 4.34. The predicted octanol–water partition coefficient (Wildman–Crippen LogP) is 3.63. The first-order valence-electron chi connectivity index (χ1n) is 6.96. The summed E-state index contributed by atoms with van der Waals surface area (Å²) >= 11 is 1.47. The molecule has 0 aliphatic heterocycles. The number of rotatable bonds is 9. The van der Waals surface area contributed by atoms with Crippen LogP contribution in [0, 0.1) is 0 Å². The number of benzene rings is 1. The zero-order chi connectivity index (χ0) is 14.8. The van der Waals surface area contributed by atoms with Gasteiger partial charge in [0.2, 0.25) is 0 Å². The third-order valence-electron chi connectivity index (χ3n) is 3.06. The van der Waals surface area contributed by atoms with Gasteiger partial charge in [-0.3, -0.25) is 10.0 Å². The molecule has 1 aromatic carbocycles. The molecule has 0 aromatic heterocycles. The van der Waals surface area contributed by atoms with Crippen LogP contribution >= 0.6 is 11.8 Å². The number of ether oxygens (including phenoxy) is 1. The molecule has 112 valence electrons. The van der Waals surface area contributed by atoms with Crippen LogP contribution in [0.4, 0.5) is 0 Å². The van der Waals surface area contributed by atoms with Crippen LogP contribution in [0.25, 0.3) is 0 Å². The lowest BCUT2D eigenvalue weighted by Gasteiger charge is -2.14. The smallest absolute Gasteiger partial charge is 0.256 e. The largest absolute Gasteiger partial charge is 0.497 e. The Morgan fingerprint density at radius 3 is 2.55 bits per heavy atom. The molecule has 1 rings (SSSR count). The lowest BCUT2D eigenvalue weighted by molar-refractivity contribution is -0.128. The summed E-state index contributed by atoms with van der Waals surface area (Å²) in [6.45, 7) is 2.16. The molecule has 0 saturated carbocycles. The topological polar surface area (TPSA) is 58.6 Å². The van der Waals surface area contributed by atoms with Crippen LogP contribution in [-0.2, 0) is 4.79 Å². The highest BCUT2D eigenvalue weighted by Gasteiger charge is 2.18. The summed E-state index contributed by atoms with van der Waals surface area (Å²) in [5.74, 6) is 0.461. The Kier molecular flexibility index (Phi) is 8.14. The molecule has 0 radical (unpaired) electrons. The minimum Gasteiger partial charge on any atom is -0.497 e. The van der Waals surface area contributed by atoms with Crippen LogP contribution in [0.5, 0.6) is 5.75 Å². The van der Waals surface area contributed by atoms with Crippen LogP contribution < -0.4 is 10.2 Å². The van der Waals surface area contributed by atoms with Gasteiger partial charge in [-0.25, -0.2) is 5.48 Å². The van der Waals surface area contributed by atoms with Gasteiger partial charge in [-0.2, -0.15) is 0 Å². The first kappa shape index (κ1) is 16.9. The molecule has 20 heavy (non-hydrogen) atoms. The average Bonchev–Trinajstić information content (AvgIpc) is 2.50. The minimum absolute atomic E-state index is 0.259. The molecule has 0 unspecified atom stereocenters. The predicted molar refractivity (Wildman–Crippen MR) is 81.3 cm³/mol. The van der Waals surface area contributed by atoms with Gasteiger partial charge in [0.05, 0.1) is 12.4 Å². The summed E-state index contributed by atoms with van der Waals surface area (Å²) in [6.07, 6.45) is 5.23. The van der Waals surface area contributed by atoms with Crippen molar-refractivity contribution in [3.05, 3.63) is 24.3 Å². The number of methoxy groups -OCH3 is 1. The number of hydrogen-bond donors (Lipinski definition) is 2. The van der Waals surface area contributed by atoms with Crippen molar-refractivity contribution in [2.75, 3.05) is 7.11 Å². The summed E-state index contributed by atoms with van der Waals surface area (Å²) < 4.78 is 5.11. The molecule has 4 nitrogen and oxygen atoms in total. The number of thioether (sulfide) groups is 1. The molecule has 0 bridgehead atoms. The van der Waals surface area contributed by atoms with Gasteiger partial charge in [-0.15, -0.1) is 11.8 Å². The van der Waals surface area contributed by atoms with Crippen molar-refractivity contribution >= 4 is 17.7 Å². The highest BCUT2D eigenvalue weighted by atomic mass is 32.2. The van der Waals surface area contributed by atoms with Crippen LogP contribution in [-0.4, -0.2) is 23.5 Å². The van der Waals surface area contributed by atoms with E-state index in [2.05, 4.69) is 6.92 Å². The highest BCUT2D eigenvalue weighted by molar-refractivity contribution is 8.00. The summed E-state index contributed by atoms with van der Waals surface area (Å²) in [6, 6.07) is 7.58. The van der Waals surface area contributed by atoms with Crippen LogP contribution in [0.15, 0.2) is 29.2 Å². The minimum atomic E-state index is -0.331. The second-order valence-electron chi connectivity index (χ2n) is 4.61. The number of carbonyl (C=O) groups excluding carboxylic acids is 1. The fourth-order valence-corrected chi connectivity index (χ4v) is 2.96. The number of hydroxylamine groups is 1. The Labute approximate surface area is 124 Å². The van der Waals surface area contributed by atoms with E-state index in [4.69, 9.17) is 9.94 Å². The van der Waals surface area contributed by atoms with Crippen LogP contribution in [0.2, 0.25) is 0 Å². The Hall–Kier alpha value is -1.20. The van der Waals surface area contributed by atoms with Gasteiger partial charge in [0.15, 0.2) is 0 Å². The van der Waals surface area contributed by atoms with Crippen molar-refractivity contribution in [3.8, 4) is 5.75 Å². The van der Waals surface area contributed by atoms with Gasteiger partial charge in [-0.05, 0) is 30.7 Å². The lowest BCUT2D eigenvalue weighted by atomic mass is 10.1. The molecule has 0 spiro atoms. The average molecular weight is 297 g/mol. The highest BCUT2D eigenvalue weighted by Crippen LogP contribution is 2.28. The number of unbranched alkanes of at least 4 members (excludes halogenated alkanes) is 3. The van der Waals surface area contributed by atoms with Gasteiger partial charge < -0.3 is 4.74 Å². The third kappa shape index (κ3) is 5.84. The van der Waals surface area contributed by atoms with Crippen molar-refractivity contribution in [1.82, 2.24) is 5.48 Å². The van der Waals surface area contributed by atoms with E-state index >= 15 is 0 Å². The first-order valence-corrected chi connectivity index (χ1v) is 7.83. The number of carbonyl (C=O) groups is 1. The van der Waals surface area contributed by atoms with E-state index in [9.17, 15) is 4.79 Å². The molecule has 0 fully saturated rings. The molecule has 5 heteroatoms. The fourth-order valence-electron chi connectivity index (χ4n) is 1.89. The molecule has 1 atom stereocenters. The van der Waals surface area contributed by atoms with E-state index in [0.717, 1.165) is 29.9 Å². The number of nitrogens with one attached hydrogen (secondary N) is 1. The monoisotopic (exact) mass is 297 g/mol. The molecule has 1 amide bonds. The lowest BCUT2D eigenvalue weighted by Crippen LogP contribution is -2.30. The molecule has 2 N–H and O–H groups in total. The van der Waals surface area contributed by atoms with Crippen molar-refractivity contribution in [1.29, 1.82) is 0 Å². The maximum atomic E-state index is 11.7. The van der Waals surface area contributed by atoms with Gasteiger partial charge in [0, 0.05) is 4.90 Å². The first-order chi connectivity index (χ1) is 9.71. The summed E-state index contributed by atoms with van der Waals surface area (Å²) in [5.41, 5.74) is 1.76. The Bertz CT molecular complexity index is 395. The van der Waals surface area contributed by atoms with Crippen LogP contribution in [0.3, 0.4) is 0 Å². The number of amides is 1. The van der Waals surface area contributed by atoms with E-state index in [-0.39, 0.29) is 11.2 Å². The van der Waals surface area contributed by atoms with E-state index in [1.54, 1.807) is 12.6 Å². The molecule has 0 heterocycles. The molecule has 0 aliphatic rings. The molecular weight excluding hydrogens is 274 g/mol. The summed E-state index contributed by atoms with van der Waals surface area (Å²) in [5, 5.41) is 8.58. The van der Waals surface area contributed by atoms with Crippen molar-refractivity contribution in [3.63, 3.8) is 0 Å². The normalized spacial score (nSPS) is 11.9. The van der Waals surface area contributed by atoms with Crippen molar-refractivity contribution < 1.29 is 14.7 Å². The second-order valence-corrected chi connectivity index (χ2v) is 5.88. The van der Waals surface area contributed by atoms with Crippen molar-refractivity contribution in [2.45, 2.75) is 49.2 Å². The summed E-state index contributed by atoms with van der Waals surface area (Å²) in [7, 11) is 1.62. The van der Waals surface area contributed by atoms with Gasteiger partial charge in [0.1, 0.15) is 5.75 Å². The molecule has 1 aromatic rings. The zero-order valence-electron chi connectivity index (χ0n) is 12.1. The maximum Gasteiger partial charge on any atom is 0.256 e. The molecular formula is C15H23NO3S. The SMILES string of the molecule is CCCCCC[C@@H](Sc1ccc(OC)cc1)C(=O)NO. The maximum absolute atomic E-state index is 11.7. The van der Waals surface area contributed by atoms with Gasteiger partial charge in [-0.1, -0.05) is 32.6 Å². The van der Waals surface area contributed by atoms with E-state index in [1.165, 1.54) is 24.6 Å². The van der Waals surface area contributed by atoms with E-state index in [0.29, 0.717) is 0 Å². The molecule has 0 aliphatic carbocycles.